The van der Waals surface area contributed by atoms with Crippen molar-refractivity contribution in [1.29, 1.82) is 0 Å². The van der Waals surface area contributed by atoms with Gasteiger partial charge < -0.3 is 10.3 Å². The molecule has 102 valence electrons. The Morgan fingerprint density at radius 1 is 1.15 bits per heavy atom. The number of hydrogen-bond acceptors (Lipinski definition) is 3. The number of rotatable bonds is 3. The highest BCUT2D eigenvalue weighted by atomic mass is 15.0. The lowest BCUT2D eigenvalue weighted by molar-refractivity contribution is 0.915. The van der Waals surface area contributed by atoms with Crippen molar-refractivity contribution in [2.24, 2.45) is 12.8 Å². The highest BCUT2D eigenvalue weighted by Crippen LogP contribution is 2.24. The topological polar surface area (TPSA) is 56.7 Å². The molecule has 3 aromatic rings. The van der Waals surface area contributed by atoms with Crippen molar-refractivity contribution in [3.05, 3.63) is 59.2 Å². The van der Waals surface area contributed by atoms with Gasteiger partial charge >= 0.3 is 0 Å². The zero-order valence-corrected chi connectivity index (χ0v) is 11.8. The van der Waals surface area contributed by atoms with Crippen LogP contribution in [-0.2, 0) is 20.0 Å². The molecule has 4 heteroatoms. The van der Waals surface area contributed by atoms with Gasteiger partial charge in [-0.05, 0) is 18.1 Å². The van der Waals surface area contributed by atoms with Crippen molar-refractivity contribution < 1.29 is 0 Å². The molecule has 0 saturated carbocycles. The predicted molar refractivity (Wildman–Crippen MR) is 80.4 cm³/mol. The van der Waals surface area contributed by atoms with Crippen LogP contribution >= 0.6 is 0 Å². The summed E-state index contributed by atoms with van der Waals surface area (Å²) in [5.74, 6) is 0.799. The van der Waals surface area contributed by atoms with E-state index in [-0.39, 0.29) is 0 Å². The number of fused-ring (bicyclic) bond motifs is 1. The zero-order chi connectivity index (χ0) is 14.1. The number of benzene rings is 1. The fourth-order valence-electron chi connectivity index (χ4n) is 2.63. The summed E-state index contributed by atoms with van der Waals surface area (Å²) in [6, 6.07) is 10.4. The van der Waals surface area contributed by atoms with Crippen LogP contribution in [0, 0.1) is 6.92 Å². The fraction of sp³-hybridized carbons (Fsp3) is 0.250. The van der Waals surface area contributed by atoms with Gasteiger partial charge in [-0.25, -0.2) is 9.97 Å². The van der Waals surface area contributed by atoms with E-state index in [0.717, 1.165) is 34.5 Å². The highest BCUT2D eigenvalue weighted by Gasteiger charge is 2.14. The minimum Gasteiger partial charge on any atom is -0.335 e. The summed E-state index contributed by atoms with van der Waals surface area (Å²) in [6.45, 7) is 2.44. The van der Waals surface area contributed by atoms with Gasteiger partial charge in [-0.1, -0.05) is 30.3 Å². The summed E-state index contributed by atoms with van der Waals surface area (Å²) < 4.78 is 2.03. The molecule has 0 amide bonds. The molecule has 20 heavy (non-hydrogen) atoms. The van der Waals surface area contributed by atoms with Crippen LogP contribution in [0.1, 0.15) is 22.6 Å². The lowest BCUT2D eigenvalue weighted by Crippen LogP contribution is -2.02. The molecule has 4 nitrogen and oxygen atoms in total. The third kappa shape index (κ3) is 2.18. The molecular weight excluding hydrogens is 248 g/mol. The first-order valence-electron chi connectivity index (χ1n) is 6.74. The van der Waals surface area contributed by atoms with E-state index in [1.54, 1.807) is 0 Å². The monoisotopic (exact) mass is 266 g/mol. The molecule has 2 aromatic heterocycles. The normalized spacial score (nSPS) is 11.2. The van der Waals surface area contributed by atoms with Crippen LogP contribution in [0.5, 0.6) is 0 Å². The Morgan fingerprint density at radius 3 is 2.60 bits per heavy atom. The van der Waals surface area contributed by atoms with E-state index >= 15 is 0 Å². The van der Waals surface area contributed by atoms with Gasteiger partial charge in [0.25, 0.3) is 0 Å². The van der Waals surface area contributed by atoms with Crippen molar-refractivity contribution >= 4 is 11.0 Å². The third-order valence-corrected chi connectivity index (χ3v) is 3.52. The fourth-order valence-corrected chi connectivity index (χ4v) is 2.63. The molecule has 0 fully saturated rings. The van der Waals surface area contributed by atoms with E-state index in [1.807, 2.05) is 30.8 Å². The van der Waals surface area contributed by atoms with Crippen molar-refractivity contribution in [2.75, 3.05) is 0 Å². The summed E-state index contributed by atoms with van der Waals surface area (Å²) in [4.78, 5) is 9.18. The average molecular weight is 266 g/mol. The van der Waals surface area contributed by atoms with E-state index in [1.165, 1.54) is 5.56 Å². The van der Waals surface area contributed by atoms with E-state index < -0.39 is 0 Å². The minimum absolute atomic E-state index is 0.506. The van der Waals surface area contributed by atoms with Crippen molar-refractivity contribution in [3.63, 3.8) is 0 Å². The maximum absolute atomic E-state index is 5.86. The number of hydrogen-bond donors (Lipinski definition) is 1. The van der Waals surface area contributed by atoms with E-state index in [9.17, 15) is 0 Å². The second kappa shape index (κ2) is 5.06. The summed E-state index contributed by atoms with van der Waals surface area (Å²) in [5.41, 5.74) is 10.2. The Hall–Kier alpha value is -2.20. The van der Waals surface area contributed by atoms with Crippen LogP contribution in [0.15, 0.2) is 36.5 Å². The van der Waals surface area contributed by atoms with Crippen molar-refractivity contribution in [2.45, 2.75) is 19.9 Å². The van der Waals surface area contributed by atoms with Crippen molar-refractivity contribution in [3.8, 4) is 0 Å². The van der Waals surface area contributed by atoms with Gasteiger partial charge in [0.15, 0.2) is 0 Å². The Labute approximate surface area is 118 Å². The summed E-state index contributed by atoms with van der Waals surface area (Å²) >= 11 is 0. The van der Waals surface area contributed by atoms with Crippen LogP contribution < -0.4 is 5.73 Å². The number of aryl methyl sites for hydroxylation is 2. The number of aromatic nitrogens is 3. The molecule has 0 spiro atoms. The first kappa shape index (κ1) is 12.8. The molecule has 3 rings (SSSR count). The number of nitrogens with two attached hydrogens (primary N) is 1. The van der Waals surface area contributed by atoms with Gasteiger partial charge in [0.05, 0.1) is 5.69 Å². The summed E-state index contributed by atoms with van der Waals surface area (Å²) in [5, 5.41) is 1.10. The quantitative estimate of drug-likeness (QED) is 0.791. The molecule has 0 atom stereocenters. The molecule has 0 bridgehead atoms. The highest BCUT2D eigenvalue weighted by molar-refractivity contribution is 5.83. The summed E-state index contributed by atoms with van der Waals surface area (Å²) in [6.07, 6.45) is 2.85. The molecule has 1 aromatic carbocycles. The van der Waals surface area contributed by atoms with Crippen molar-refractivity contribution in [1.82, 2.24) is 14.5 Å². The van der Waals surface area contributed by atoms with Gasteiger partial charge in [0, 0.05) is 31.6 Å². The van der Waals surface area contributed by atoms with Gasteiger partial charge in [0.2, 0.25) is 0 Å². The summed E-state index contributed by atoms with van der Waals surface area (Å²) in [7, 11) is 2.00. The van der Waals surface area contributed by atoms with E-state index in [2.05, 4.69) is 34.2 Å². The molecule has 0 radical (unpaired) electrons. The van der Waals surface area contributed by atoms with E-state index in [4.69, 9.17) is 5.73 Å². The van der Waals surface area contributed by atoms with Crippen LogP contribution in [0.25, 0.3) is 11.0 Å². The molecule has 0 aliphatic heterocycles. The maximum atomic E-state index is 5.86. The Balaban J connectivity index is 2.18. The lowest BCUT2D eigenvalue weighted by atomic mass is 10.1. The molecule has 0 unspecified atom stereocenters. The average Bonchev–Trinajstić information content (AvgIpc) is 2.77. The zero-order valence-electron chi connectivity index (χ0n) is 11.8. The SMILES string of the molecule is Cc1nc(Cc2ccccc2)c2c(CN)cn(C)c2n1. The Morgan fingerprint density at radius 2 is 1.90 bits per heavy atom. The molecule has 2 heterocycles. The van der Waals surface area contributed by atoms with Crippen LogP contribution in [0.3, 0.4) is 0 Å². The largest absolute Gasteiger partial charge is 0.335 e. The molecular formula is C16H18N4. The van der Waals surface area contributed by atoms with Gasteiger partial charge in [-0.3, -0.25) is 0 Å². The molecule has 2 N–H and O–H groups in total. The van der Waals surface area contributed by atoms with Crippen LogP contribution in [-0.4, -0.2) is 14.5 Å². The first-order valence-corrected chi connectivity index (χ1v) is 6.74. The second-order valence-corrected chi connectivity index (χ2v) is 5.05. The Bertz CT molecular complexity index is 744. The Kier molecular flexibility index (Phi) is 3.24. The maximum Gasteiger partial charge on any atom is 0.143 e. The molecule has 0 aliphatic rings. The number of nitrogens with zero attached hydrogens (tertiary/aromatic N) is 3. The van der Waals surface area contributed by atoms with Crippen LogP contribution in [0.4, 0.5) is 0 Å². The smallest absolute Gasteiger partial charge is 0.143 e. The van der Waals surface area contributed by atoms with Gasteiger partial charge in [0.1, 0.15) is 11.5 Å². The van der Waals surface area contributed by atoms with E-state index in [0.29, 0.717) is 6.54 Å². The first-order chi connectivity index (χ1) is 9.69. The third-order valence-electron chi connectivity index (χ3n) is 3.52. The standard InChI is InChI=1S/C16H18N4/c1-11-18-14(8-12-6-4-3-5-7-12)15-13(9-17)10-20(2)16(15)19-11/h3-7,10H,8-9,17H2,1-2H3. The van der Waals surface area contributed by atoms with Crippen LogP contribution in [0.2, 0.25) is 0 Å². The molecule has 0 saturated heterocycles. The minimum atomic E-state index is 0.506. The molecule has 0 aliphatic carbocycles. The predicted octanol–water partition coefficient (Wildman–Crippen LogP) is 2.33. The second-order valence-electron chi connectivity index (χ2n) is 5.05. The van der Waals surface area contributed by atoms with Gasteiger partial charge in [-0.15, -0.1) is 0 Å². The van der Waals surface area contributed by atoms with Gasteiger partial charge in [-0.2, -0.15) is 0 Å². The lowest BCUT2D eigenvalue weighted by Gasteiger charge is -2.06.